The molecule has 0 bridgehead atoms. The maximum absolute atomic E-state index is 12.8. The van der Waals surface area contributed by atoms with E-state index in [0.717, 1.165) is 19.3 Å². The van der Waals surface area contributed by atoms with Crippen molar-refractivity contribution >= 4 is 34.0 Å². The first kappa shape index (κ1) is 20.2. The first-order chi connectivity index (χ1) is 10.4. The highest BCUT2D eigenvalue weighted by atomic mass is 35.5. The van der Waals surface area contributed by atoms with E-state index in [-0.39, 0.29) is 40.4 Å². The van der Waals surface area contributed by atoms with E-state index in [1.165, 1.54) is 18.2 Å². The molecule has 2 rings (SSSR count). The van der Waals surface area contributed by atoms with Gasteiger partial charge >= 0.3 is 0 Å². The van der Waals surface area contributed by atoms with Crippen LogP contribution in [0.25, 0.3) is 0 Å². The molecule has 0 aromatic heterocycles. The van der Waals surface area contributed by atoms with Gasteiger partial charge in [0.25, 0.3) is 0 Å². The minimum atomic E-state index is -3.87. The van der Waals surface area contributed by atoms with E-state index in [1.807, 2.05) is 13.0 Å². The van der Waals surface area contributed by atoms with Crippen molar-refractivity contribution in [3.05, 3.63) is 28.8 Å². The van der Waals surface area contributed by atoms with Crippen LogP contribution >= 0.6 is 24.0 Å². The van der Waals surface area contributed by atoms with Crippen LogP contribution in [-0.4, -0.2) is 20.5 Å². The number of nitriles is 1. The number of benzene rings is 1. The normalized spacial score (nSPS) is 24.5. The molecule has 0 heterocycles. The van der Waals surface area contributed by atoms with Gasteiger partial charge in [-0.2, -0.15) is 5.26 Å². The molecular formula is C15H21Cl2N3O2S. The fourth-order valence-electron chi connectivity index (χ4n) is 3.07. The number of rotatable bonds is 4. The van der Waals surface area contributed by atoms with Crippen LogP contribution in [0.15, 0.2) is 23.1 Å². The van der Waals surface area contributed by atoms with Crippen molar-refractivity contribution in [2.75, 3.05) is 6.54 Å². The van der Waals surface area contributed by atoms with Gasteiger partial charge in [0.2, 0.25) is 10.0 Å². The minimum Gasteiger partial charge on any atom is -0.329 e. The topological polar surface area (TPSA) is 96.0 Å². The number of nitrogens with one attached hydrogen (secondary N) is 1. The van der Waals surface area contributed by atoms with Crippen molar-refractivity contribution < 1.29 is 8.42 Å². The fourth-order valence-corrected chi connectivity index (χ4v) is 5.06. The van der Waals surface area contributed by atoms with Gasteiger partial charge in [-0.3, -0.25) is 0 Å². The van der Waals surface area contributed by atoms with E-state index in [9.17, 15) is 13.7 Å². The van der Waals surface area contributed by atoms with E-state index in [4.69, 9.17) is 17.3 Å². The maximum atomic E-state index is 12.8. The Bertz CT molecular complexity index is 703. The molecular weight excluding hydrogens is 357 g/mol. The molecule has 8 heteroatoms. The van der Waals surface area contributed by atoms with Crippen LogP contribution in [0.1, 0.15) is 38.2 Å². The molecule has 0 amide bonds. The van der Waals surface area contributed by atoms with Crippen molar-refractivity contribution in [3.63, 3.8) is 0 Å². The van der Waals surface area contributed by atoms with Gasteiger partial charge in [0.05, 0.1) is 10.6 Å². The summed E-state index contributed by atoms with van der Waals surface area (Å²) in [6.07, 6.45) is 3.64. The zero-order chi connectivity index (χ0) is 16.4. The van der Waals surface area contributed by atoms with Crippen molar-refractivity contribution in [1.29, 1.82) is 5.26 Å². The lowest BCUT2D eigenvalue weighted by atomic mass is 9.74. The lowest BCUT2D eigenvalue weighted by molar-refractivity contribution is 0.191. The molecule has 23 heavy (non-hydrogen) atoms. The van der Waals surface area contributed by atoms with Crippen molar-refractivity contribution in [1.82, 2.24) is 4.72 Å². The number of sulfonamides is 1. The summed E-state index contributed by atoms with van der Waals surface area (Å²) in [5, 5.41) is 9.32. The molecule has 0 saturated heterocycles. The Labute approximate surface area is 148 Å². The number of nitrogens with zero attached hydrogens (tertiary/aromatic N) is 1. The second-order valence-corrected chi connectivity index (χ2v) is 7.90. The van der Waals surface area contributed by atoms with Crippen LogP contribution in [0.2, 0.25) is 5.02 Å². The SMILES string of the molecule is CC1CCCCC1(CN)NS(=O)(=O)c1cccc(Cl)c1C#N.Cl. The highest BCUT2D eigenvalue weighted by molar-refractivity contribution is 7.89. The Kier molecular flexibility index (Phi) is 6.87. The number of hydrogen-bond donors (Lipinski definition) is 2. The fraction of sp³-hybridized carbons (Fsp3) is 0.533. The summed E-state index contributed by atoms with van der Waals surface area (Å²) in [6, 6.07) is 6.29. The summed E-state index contributed by atoms with van der Waals surface area (Å²) in [5.41, 5.74) is 5.20. The summed E-state index contributed by atoms with van der Waals surface area (Å²) in [5.74, 6) is 0.144. The Morgan fingerprint density at radius 3 is 2.74 bits per heavy atom. The van der Waals surface area contributed by atoms with Gasteiger partial charge < -0.3 is 5.73 Å². The Morgan fingerprint density at radius 2 is 2.17 bits per heavy atom. The first-order valence-corrected chi connectivity index (χ1v) is 9.15. The van der Waals surface area contributed by atoms with Crippen molar-refractivity contribution in [2.24, 2.45) is 11.7 Å². The molecule has 1 aromatic rings. The van der Waals surface area contributed by atoms with E-state index >= 15 is 0 Å². The highest BCUT2D eigenvalue weighted by Gasteiger charge is 2.41. The minimum absolute atomic E-state index is 0. The molecule has 1 fully saturated rings. The van der Waals surface area contributed by atoms with E-state index in [1.54, 1.807) is 0 Å². The van der Waals surface area contributed by atoms with Gasteiger partial charge in [0.1, 0.15) is 11.0 Å². The van der Waals surface area contributed by atoms with Crippen LogP contribution in [0.3, 0.4) is 0 Å². The predicted molar refractivity (Wildman–Crippen MR) is 93.2 cm³/mol. The van der Waals surface area contributed by atoms with Crippen LogP contribution < -0.4 is 10.5 Å². The van der Waals surface area contributed by atoms with Crippen molar-refractivity contribution in [2.45, 2.75) is 43.0 Å². The van der Waals surface area contributed by atoms with Crippen molar-refractivity contribution in [3.8, 4) is 6.07 Å². The Hall–Kier alpha value is -0.840. The maximum Gasteiger partial charge on any atom is 0.242 e. The largest absolute Gasteiger partial charge is 0.329 e. The molecule has 3 N–H and O–H groups in total. The van der Waals surface area contributed by atoms with Crippen LogP contribution in [0, 0.1) is 17.2 Å². The molecule has 0 spiro atoms. The molecule has 1 aliphatic rings. The summed E-state index contributed by atoms with van der Waals surface area (Å²) >= 11 is 5.94. The average molecular weight is 378 g/mol. The molecule has 2 atom stereocenters. The molecule has 0 radical (unpaired) electrons. The van der Waals surface area contributed by atoms with Gasteiger partial charge in [-0.15, -0.1) is 12.4 Å². The van der Waals surface area contributed by atoms with Crippen LogP contribution in [0.5, 0.6) is 0 Å². The molecule has 0 aliphatic heterocycles. The summed E-state index contributed by atoms with van der Waals surface area (Å²) < 4.78 is 28.3. The number of hydrogen-bond acceptors (Lipinski definition) is 4. The predicted octanol–water partition coefficient (Wildman–Crippen LogP) is 2.82. The lowest BCUT2D eigenvalue weighted by Crippen LogP contribution is -2.59. The molecule has 5 nitrogen and oxygen atoms in total. The summed E-state index contributed by atoms with van der Waals surface area (Å²) in [4.78, 5) is -0.0897. The third kappa shape index (κ3) is 3.98. The van der Waals surface area contributed by atoms with Gasteiger partial charge in [0, 0.05) is 12.1 Å². The summed E-state index contributed by atoms with van der Waals surface area (Å²) in [7, 11) is -3.87. The lowest BCUT2D eigenvalue weighted by Gasteiger charge is -2.42. The number of nitrogens with two attached hydrogens (primary N) is 1. The quantitative estimate of drug-likeness (QED) is 0.842. The second-order valence-electron chi connectivity index (χ2n) is 5.84. The molecule has 2 unspecified atom stereocenters. The first-order valence-electron chi connectivity index (χ1n) is 7.29. The van der Waals surface area contributed by atoms with Crippen LogP contribution in [0.4, 0.5) is 0 Å². The highest BCUT2D eigenvalue weighted by Crippen LogP contribution is 2.35. The van der Waals surface area contributed by atoms with Gasteiger partial charge in [-0.25, -0.2) is 13.1 Å². The smallest absolute Gasteiger partial charge is 0.242 e. The Morgan fingerprint density at radius 1 is 1.48 bits per heavy atom. The zero-order valence-corrected chi connectivity index (χ0v) is 15.3. The second kappa shape index (κ2) is 7.82. The molecule has 1 saturated carbocycles. The zero-order valence-electron chi connectivity index (χ0n) is 12.9. The van der Waals surface area contributed by atoms with E-state index < -0.39 is 15.6 Å². The molecule has 1 aliphatic carbocycles. The monoisotopic (exact) mass is 377 g/mol. The average Bonchev–Trinajstić information content (AvgIpc) is 2.49. The third-order valence-electron chi connectivity index (χ3n) is 4.53. The van der Waals surface area contributed by atoms with E-state index in [0.29, 0.717) is 6.42 Å². The van der Waals surface area contributed by atoms with Crippen LogP contribution in [-0.2, 0) is 10.0 Å². The van der Waals surface area contributed by atoms with Gasteiger partial charge in [-0.05, 0) is 30.9 Å². The van der Waals surface area contributed by atoms with E-state index in [2.05, 4.69) is 4.72 Å². The Balaban J connectivity index is 0.00000264. The third-order valence-corrected chi connectivity index (χ3v) is 6.44. The standard InChI is InChI=1S/C15H20ClN3O2S.ClH/c1-11-5-2-3-8-15(11,10-18)19-22(20,21)14-7-4-6-13(16)12(14)9-17;/h4,6-7,11,19H,2-3,5,8,10,18H2,1H3;1H. The van der Waals surface area contributed by atoms with Gasteiger partial charge in [-0.1, -0.05) is 37.4 Å². The number of halogens is 2. The summed E-state index contributed by atoms with van der Waals surface area (Å²) in [6.45, 7) is 2.24. The van der Waals surface area contributed by atoms with Gasteiger partial charge in [0.15, 0.2) is 0 Å². The molecule has 128 valence electrons. The molecule has 1 aromatic carbocycles.